The van der Waals surface area contributed by atoms with E-state index in [9.17, 15) is 14.4 Å². The lowest BCUT2D eigenvalue weighted by Crippen LogP contribution is -2.18. The molecule has 0 radical (unpaired) electrons. The van der Waals surface area contributed by atoms with Crippen molar-refractivity contribution in [2.45, 2.75) is 31.8 Å². The van der Waals surface area contributed by atoms with Crippen molar-refractivity contribution in [3.8, 4) is 0 Å². The van der Waals surface area contributed by atoms with Crippen molar-refractivity contribution in [3.05, 3.63) is 51.9 Å². The molecule has 1 aromatic heterocycles. The molecule has 2 rings (SSSR count). The van der Waals surface area contributed by atoms with Crippen LogP contribution in [0.4, 0.5) is 5.69 Å². The Hall–Kier alpha value is -2.61. The zero-order chi connectivity index (χ0) is 19.1. The number of carbonyl (C=O) groups excluding carboxylic acids is 2. The van der Waals surface area contributed by atoms with Gasteiger partial charge in [-0.2, -0.15) is 0 Å². The molecule has 0 saturated heterocycles. The van der Waals surface area contributed by atoms with Crippen LogP contribution in [0.1, 0.15) is 42.7 Å². The molecule has 0 saturated carbocycles. The Bertz CT molecular complexity index is 848. The third kappa shape index (κ3) is 5.45. The molecule has 0 spiro atoms. The number of thioether (sulfide) groups is 1. The summed E-state index contributed by atoms with van der Waals surface area (Å²) in [4.78, 5) is 42.8. The highest BCUT2D eigenvalue weighted by atomic mass is 32.2. The zero-order valence-corrected chi connectivity index (χ0v) is 15.7. The van der Waals surface area contributed by atoms with Gasteiger partial charge in [0.25, 0.3) is 5.56 Å². The highest BCUT2D eigenvalue weighted by Gasteiger charge is 2.14. The number of hydrogen-bond acceptors (Lipinski definition) is 6. The minimum absolute atomic E-state index is 0.0433. The van der Waals surface area contributed by atoms with Gasteiger partial charge in [-0.05, 0) is 25.0 Å². The minimum Gasteiger partial charge on any atom is -0.462 e. The van der Waals surface area contributed by atoms with Crippen LogP contribution in [0, 0.1) is 0 Å². The van der Waals surface area contributed by atoms with Crippen LogP contribution < -0.4 is 10.9 Å². The quantitative estimate of drug-likeness (QED) is 0.438. The second-order valence-electron chi connectivity index (χ2n) is 5.73. The van der Waals surface area contributed by atoms with Crippen LogP contribution >= 0.6 is 11.8 Å². The van der Waals surface area contributed by atoms with E-state index in [2.05, 4.69) is 15.3 Å². The molecule has 138 valence electrons. The highest BCUT2D eigenvalue weighted by molar-refractivity contribution is 7.99. The predicted molar refractivity (Wildman–Crippen MR) is 101 cm³/mol. The number of nitrogens with one attached hydrogen (secondary N) is 2. The Kier molecular flexibility index (Phi) is 6.97. The average Bonchev–Trinajstić information content (AvgIpc) is 2.60. The van der Waals surface area contributed by atoms with Crippen molar-refractivity contribution in [1.82, 2.24) is 9.97 Å². The van der Waals surface area contributed by atoms with E-state index >= 15 is 0 Å². The number of carbonyl (C=O) groups is 2. The van der Waals surface area contributed by atoms with Gasteiger partial charge in [-0.15, -0.1) is 0 Å². The van der Waals surface area contributed by atoms with E-state index in [1.54, 1.807) is 31.2 Å². The first kappa shape index (κ1) is 19.7. The molecule has 2 aromatic rings. The lowest BCUT2D eigenvalue weighted by atomic mass is 10.1. The van der Waals surface area contributed by atoms with Crippen LogP contribution in [0.2, 0.25) is 0 Å². The number of benzene rings is 1. The fraction of sp³-hybridized carbons (Fsp3) is 0.333. The summed E-state index contributed by atoms with van der Waals surface area (Å²) in [7, 11) is 0. The third-order valence-electron chi connectivity index (χ3n) is 3.37. The molecule has 0 unspecified atom stereocenters. The maximum absolute atomic E-state index is 12.2. The van der Waals surface area contributed by atoms with Crippen molar-refractivity contribution in [2.75, 3.05) is 17.7 Å². The van der Waals surface area contributed by atoms with Crippen molar-refractivity contribution in [2.24, 2.45) is 0 Å². The van der Waals surface area contributed by atoms with Crippen molar-refractivity contribution >= 4 is 29.3 Å². The molecule has 0 aliphatic heterocycles. The summed E-state index contributed by atoms with van der Waals surface area (Å²) in [6.07, 6.45) is 0. The zero-order valence-electron chi connectivity index (χ0n) is 14.9. The molecule has 1 heterocycles. The van der Waals surface area contributed by atoms with Crippen LogP contribution in [0.5, 0.6) is 0 Å². The molecule has 1 amide bonds. The topological polar surface area (TPSA) is 101 Å². The van der Waals surface area contributed by atoms with E-state index in [-0.39, 0.29) is 29.7 Å². The predicted octanol–water partition coefficient (Wildman–Crippen LogP) is 2.80. The standard InChI is InChI=1S/C18H21N3O4S/c1-4-25-17(24)12-7-5-6-8-13(12)19-16(23)10-26-18-20-14(11(2)3)9-15(22)21-18/h5-9,11H,4,10H2,1-3H3,(H,19,23)(H,20,21,22). The molecule has 2 N–H and O–H groups in total. The first-order valence-electron chi connectivity index (χ1n) is 8.20. The van der Waals surface area contributed by atoms with E-state index in [0.717, 1.165) is 11.8 Å². The van der Waals surface area contributed by atoms with Crippen LogP contribution in [0.3, 0.4) is 0 Å². The van der Waals surface area contributed by atoms with Gasteiger partial charge >= 0.3 is 5.97 Å². The van der Waals surface area contributed by atoms with Gasteiger partial charge < -0.3 is 15.0 Å². The number of rotatable bonds is 7. The molecule has 0 bridgehead atoms. The lowest BCUT2D eigenvalue weighted by molar-refractivity contribution is -0.113. The van der Waals surface area contributed by atoms with Gasteiger partial charge in [0.15, 0.2) is 5.16 Å². The molecule has 0 atom stereocenters. The van der Waals surface area contributed by atoms with Gasteiger partial charge in [0.2, 0.25) is 5.91 Å². The number of hydrogen-bond donors (Lipinski definition) is 2. The Balaban J connectivity index is 2.04. The summed E-state index contributed by atoms with van der Waals surface area (Å²) in [5.41, 5.74) is 1.10. The largest absolute Gasteiger partial charge is 0.462 e. The summed E-state index contributed by atoms with van der Waals surface area (Å²) in [5.74, 6) is -0.653. The second-order valence-corrected chi connectivity index (χ2v) is 6.70. The summed E-state index contributed by atoms with van der Waals surface area (Å²) >= 11 is 1.12. The molecule has 8 heteroatoms. The first-order valence-corrected chi connectivity index (χ1v) is 9.19. The number of para-hydroxylation sites is 1. The molecular formula is C18H21N3O4S. The molecule has 0 aliphatic carbocycles. The fourth-order valence-corrected chi connectivity index (χ4v) is 2.80. The van der Waals surface area contributed by atoms with Gasteiger partial charge in [-0.1, -0.05) is 37.7 Å². The number of esters is 1. The fourth-order valence-electron chi connectivity index (χ4n) is 2.12. The number of H-pyrrole nitrogens is 1. The highest BCUT2D eigenvalue weighted by Crippen LogP contribution is 2.19. The maximum atomic E-state index is 12.2. The Morgan fingerprint density at radius 3 is 2.73 bits per heavy atom. The summed E-state index contributed by atoms with van der Waals surface area (Å²) < 4.78 is 4.98. The Labute approximate surface area is 155 Å². The normalized spacial score (nSPS) is 10.6. The molecule has 26 heavy (non-hydrogen) atoms. The maximum Gasteiger partial charge on any atom is 0.340 e. The van der Waals surface area contributed by atoms with E-state index in [1.165, 1.54) is 6.07 Å². The van der Waals surface area contributed by atoms with E-state index in [1.807, 2.05) is 13.8 Å². The summed E-state index contributed by atoms with van der Waals surface area (Å²) in [6, 6.07) is 8.09. The van der Waals surface area contributed by atoms with Crippen LogP contribution in [0.15, 0.2) is 40.3 Å². The SMILES string of the molecule is CCOC(=O)c1ccccc1NC(=O)CSc1nc(C(C)C)cc(=O)[nH]1. The lowest BCUT2D eigenvalue weighted by Gasteiger charge is -2.10. The molecule has 1 aromatic carbocycles. The number of aromatic amines is 1. The monoisotopic (exact) mass is 375 g/mol. The number of ether oxygens (including phenoxy) is 1. The number of aromatic nitrogens is 2. The van der Waals surface area contributed by atoms with E-state index in [0.29, 0.717) is 22.1 Å². The van der Waals surface area contributed by atoms with Gasteiger partial charge in [0.1, 0.15) is 0 Å². The van der Waals surface area contributed by atoms with Crippen LogP contribution in [-0.2, 0) is 9.53 Å². The van der Waals surface area contributed by atoms with Gasteiger partial charge in [0, 0.05) is 6.07 Å². The molecule has 0 aliphatic rings. The summed E-state index contributed by atoms with van der Waals surface area (Å²) in [5, 5.41) is 3.08. The third-order valence-corrected chi connectivity index (χ3v) is 4.24. The van der Waals surface area contributed by atoms with Crippen molar-refractivity contribution in [3.63, 3.8) is 0 Å². The van der Waals surface area contributed by atoms with Crippen LogP contribution in [-0.4, -0.2) is 34.2 Å². The summed E-state index contributed by atoms with van der Waals surface area (Å²) in [6.45, 7) is 5.85. The molecular weight excluding hydrogens is 354 g/mol. The van der Waals surface area contributed by atoms with Crippen LogP contribution in [0.25, 0.3) is 0 Å². The Morgan fingerprint density at radius 1 is 1.31 bits per heavy atom. The molecule has 7 nitrogen and oxygen atoms in total. The number of nitrogens with zero attached hydrogens (tertiary/aromatic N) is 1. The second kappa shape index (κ2) is 9.19. The average molecular weight is 375 g/mol. The Morgan fingerprint density at radius 2 is 2.04 bits per heavy atom. The van der Waals surface area contributed by atoms with E-state index < -0.39 is 5.97 Å². The number of amides is 1. The van der Waals surface area contributed by atoms with Gasteiger partial charge in [-0.3, -0.25) is 9.59 Å². The van der Waals surface area contributed by atoms with Crippen molar-refractivity contribution < 1.29 is 14.3 Å². The van der Waals surface area contributed by atoms with Gasteiger partial charge in [-0.25, -0.2) is 9.78 Å². The van der Waals surface area contributed by atoms with Gasteiger partial charge in [0.05, 0.1) is 29.3 Å². The van der Waals surface area contributed by atoms with Crippen molar-refractivity contribution in [1.29, 1.82) is 0 Å². The van der Waals surface area contributed by atoms with E-state index in [4.69, 9.17) is 4.74 Å². The number of anilines is 1. The molecule has 0 fully saturated rings. The minimum atomic E-state index is -0.494. The smallest absolute Gasteiger partial charge is 0.340 e. The first-order chi connectivity index (χ1) is 12.4.